The van der Waals surface area contributed by atoms with Crippen LogP contribution in [0.4, 0.5) is 9.18 Å². The minimum atomic E-state index is -0.974. The second-order valence-corrected chi connectivity index (χ2v) is 23.9. The lowest BCUT2D eigenvalue weighted by Crippen LogP contribution is -2.58. The van der Waals surface area contributed by atoms with E-state index in [0.717, 1.165) is 11.1 Å². The number of likely N-dealkylation sites (N-methyl/N-ethyl adjacent to an activating group) is 1. The first-order valence-corrected chi connectivity index (χ1v) is 29.3. The zero-order valence-corrected chi connectivity index (χ0v) is 49.0. The largest absolute Gasteiger partial charge is 0.457 e. The molecule has 4 aliphatic heterocycles. The fourth-order valence-corrected chi connectivity index (χ4v) is 11.4. The van der Waals surface area contributed by atoms with Gasteiger partial charge in [-0.3, -0.25) is 43.4 Å². The predicted octanol–water partition coefficient (Wildman–Crippen LogP) is 7.24. The van der Waals surface area contributed by atoms with Crippen molar-refractivity contribution < 1.29 is 61.8 Å². The Morgan fingerprint density at radius 3 is 2.21 bits per heavy atom. The van der Waals surface area contributed by atoms with Crippen LogP contribution in [0.2, 0.25) is 0 Å². The van der Waals surface area contributed by atoms with E-state index in [0.29, 0.717) is 118 Å². The number of nitrogens with one attached hydrogen (secondary N) is 1. The average molecular weight is 1140 g/mol. The van der Waals surface area contributed by atoms with Gasteiger partial charge in [0.15, 0.2) is 11.6 Å². The number of aromatic nitrogens is 3. The number of carbonyl (C=O) groups excluding carboxylic acids is 8. The van der Waals surface area contributed by atoms with Crippen molar-refractivity contribution in [3.63, 3.8) is 0 Å². The summed E-state index contributed by atoms with van der Waals surface area (Å²) >= 11 is 0. The molecule has 4 aliphatic rings. The Balaban J connectivity index is 0.892. The zero-order chi connectivity index (χ0) is 59.4. The van der Waals surface area contributed by atoms with Gasteiger partial charge >= 0.3 is 12.1 Å². The van der Waals surface area contributed by atoms with Crippen molar-refractivity contribution in [1.82, 2.24) is 35.0 Å². The predicted molar refractivity (Wildman–Crippen MR) is 305 cm³/mol. The molecule has 20 heteroatoms. The first-order chi connectivity index (χ1) is 39.0. The fourth-order valence-electron chi connectivity index (χ4n) is 11.4. The van der Waals surface area contributed by atoms with Crippen LogP contribution in [-0.2, 0) is 56.0 Å². The third kappa shape index (κ3) is 16.9. The Kier molecular flexibility index (Phi) is 21.7. The number of amides is 5. The summed E-state index contributed by atoms with van der Waals surface area (Å²) in [5, 5.41) is 22.2. The number of ketones is 2. The number of imide groups is 1. The molecule has 0 bridgehead atoms. The van der Waals surface area contributed by atoms with Crippen LogP contribution < -0.4 is 5.32 Å². The summed E-state index contributed by atoms with van der Waals surface area (Å²) in [4.78, 5) is 107. The molecule has 0 saturated carbocycles. The van der Waals surface area contributed by atoms with Gasteiger partial charge in [0.05, 0.1) is 63.4 Å². The molecule has 7 rings (SSSR count). The number of piperidine rings is 1. The summed E-state index contributed by atoms with van der Waals surface area (Å²) in [5.74, 6) is -3.57. The first-order valence-electron chi connectivity index (χ1n) is 29.3. The molecule has 2 fully saturated rings. The second kappa shape index (κ2) is 28.4. The normalized spacial score (nSPS) is 23.3. The smallest absolute Gasteiger partial charge is 0.410 e. The van der Waals surface area contributed by atoms with Crippen LogP contribution in [0.3, 0.4) is 0 Å². The monoisotopic (exact) mass is 1140 g/mol. The lowest BCUT2D eigenvalue weighted by Gasteiger charge is -2.42. The van der Waals surface area contributed by atoms with Crippen molar-refractivity contribution in [2.45, 2.75) is 156 Å². The molecule has 0 aliphatic carbocycles. The van der Waals surface area contributed by atoms with Crippen molar-refractivity contribution in [3.8, 4) is 0 Å². The molecule has 5 amide bonds. The summed E-state index contributed by atoms with van der Waals surface area (Å²) in [6.45, 7) is 17.1. The van der Waals surface area contributed by atoms with Crippen LogP contribution >= 0.6 is 0 Å². The molecule has 2 aromatic carbocycles. The number of likely N-dealkylation sites (tertiary alicyclic amines) is 1. The van der Waals surface area contributed by atoms with E-state index in [9.17, 15) is 43.5 Å². The SMILES string of the molecule is CC(=O)N1CCC(n2nnc3c(F)cc(/C=C(\C)[C@H]4OC(=O)C[C@H](O)CC[C@H](C)[C@@H](OC(=O)N5CC[N+](C)(Cc6ccc(CC(=O)[C@H](C)NC(=O)[C@@H](CC(=O)CCCCCN7C(=O)C=CC7=O)C(C)C)cc6)CC5)/C=C/[C@@H]4C)cc32)CC1. The zero-order valence-electron chi connectivity index (χ0n) is 49.0. The van der Waals surface area contributed by atoms with Gasteiger partial charge in [0, 0.05) is 75.4 Å². The van der Waals surface area contributed by atoms with E-state index in [1.54, 1.807) is 34.4 Å². The van der Waals surface area contributed by atoms with E-state index < -0.39 is 54.1 Å². The van der Waals surface area contributed by atoms with Gasteiger partial charge in [0.2, 0.25) is 11.8 Å². The van der Waals surface area contributed by atoms with Gasteiger partial charge in [0.25, 0.3) is 11.8 Å². The highest BCUT2D eigenvalue weighted by molar-refractivity contribution is 6.12. The summed E-state index contributed by atoms with van der Waals surface area (Å²) in [6, 6.07) is 10.2. The molecule has 19 nitrogen and oxygen atoms in total. The number of nitrogens with zero attached hydrogens (tertiary/aromatic N) is 7. The number of hydrogen-bond acceptors (Lipinski definition) is 13. The number of cyclic esters (lactones) is 1. The summed E-state index contributed by atoms with van der Waals surface area (Å²) in [6.07, 6.45) is 9.35. The number of Topliss-reactive ketones (excluding diaryl/α,β-unsaturated/α-hetero) is 2. The molecule has 2 N–H and O–H groups in total. The van der Waals surface area contributed by atoms with Gasteiger partial charge in [-0.1, -0.05) is 75.7 Å². The maximum Gasteiger partial charge on any atom is 0.410 e. The van der Waals surface area contributed by atoms with Gasteiger partial charge in [-0.2, -0.15) is 0 Å². The molecule has 1 aromatic heterocycles. The Morgan fingerprint density at radius 2 is 1.55 bits per heavy atom. The average Bonchev–Trinajstić information content (AvgIpc) is 4.01. The molecule has 82 heavy (non-hydrogen) atoms. The molecule has 0 spiro atoms. The molecule has 7 atom stereocenters. The number of esters is 1. The van der Waals surface area contributed by atoms with Crippen molar-refractivity contribution in [1.29, 1.82) is 0 Å². The maximum atomic E-state index is 15.6. The Labute approximate surface area is 480 Å². The number of aliphatic hydroxyl groups excluding tert-OH is 1. The van der Waals surface area contributed by atoms with Gasteiger partial charge in [-0.05, 0) is 99.1 Å². The van der Waals surface area contributed by atoms with Crippen molar-refractivity contribution >= 4 is 64.4 Å². The molecule has 3 aromatic rings. The molecule has 0 unspecified atom stereocenters. The number of fused-ring (bicyclic) bond motifs is 1. The van der Waals surface area contributed by atoms with Crippen LogP contribution in [-0.4, -0.2) is 164 Å². The van der Waals surface area contributed by atoms with E-state index in [2.05, 4.69) is 22.7 Å². The van der Waals surface area contributed by atoms with Crippen LogP contribution in [0.1, 0.15) is 135 Å². The first kappa shape index (κ1) is 62.7. The molecule has 0 radical (unpaired) electrons. The lowest BCUT2D eigenvalue weighted by molar-refractivity contribution is -0.926. The van der Waals surface area contributed by atoms with Crippen LogP contribution in [0, 0.1) is 29.5 Å². The quantitative estimate of drug-likeness (QED) is 0.0374. The highest BCUT2D eigenvalue weighted by Gasteiger charge is 2.35. The molecular weight excluding hydrogens is 1050 g/mol. The van der Waals surface area contributed by atoms with Gasteiger partial charge in [-0.25, -0.2) is 13.9 Å². The minimum Gasteiger partial charge on any atom is -0.457 e. The fraction of sp³-hybridized carbons (Fsp3) is 0.581. The van der Waals surface area contributed by atoms with Crippen molar-refractivity contribution in [2.24, 2.45) is 23.7 Å². The Hall–Kier alpha value is -6.93. The number of ether oxygens (including phenoxy) is 2. The number of aliphatic hydroxyl groups is 1. The Bertz CT molecular complexity index is 2880. The molecule has 2 saturated heterocycles. The van der Waals surface area contributed by atoms with Gasteiger partial charge < -0.3 is 29.3 Å². The van der Waals surface area contributed by atoms with Crippen molar-refractivity contribution in [3.05, 3.63) is 88.8 Å². The highest BCUT2D eigenvalue weighted by atomic mass is 19.1. The number of hydrogen-bond donors (Lipinski definition) is 2. The standard InChI is InChI=1S/C62H83FN8O11/c1-39(2)51(36-49(73)12-10-9-11-25-69-56(76)21-22-57(69)77)61(79)64-43(6)54(75)35-45-15-17-46(18-16-45)38-71(8)30-28-68(29-31-71)62(80)81-55-20-14-41(4)60(82-58(78)37-50(74)19-13-40(55)3)42(5)32-47-33-52(63)59-53(34-47)70(66-65-59)48-23-26-67(27-24-48)44(7)72/h14-18,20-22,32-34,39-41,43,48,50-51,55,60,74H,9-13,19,23-31,35-38H2,1-8H3/p+1/b20-14+,42-32+/t40-,41-,43-,50+,51-,55-,60-/m0/s1. The summed E-state index contributed by atoms with van der Waals surface area (Å²) in [7, 11) is 2.15. The number of quaternary nitrogens is 1. The van der Waals surface area contributed by atoms with Crippen LogP contribution in [0.5, 0.6) is 0 Å². The summed E-state index contributed by atoms with van der Waals surface area (Å²) < 4.78 is 30.3. The number of carbonyl (C=O) groups is 8. The second-order valence-electron chi connectivity index (χ2n) is 23.9. The minimum absolute atomic E-state index is 0.0139. The van der Waals surface area contributed by atoms with Crippen LogP contribution in [0.25, 0.3) is 17.1 Å². The molecule has 5 heterocycles. The Morgan fingerprint density at radius 1 is 0.878 bits per heavy atom. The number of piperazine rings is 1. The molecular formula is C62H84FN8O11+. The maximum absolute atomic E-state index is 15.6. The number of halogens is 1. The number of benzene rings is 2. The summed E-state index contributed by atoms with van der Waals surface area (Å²) in [5.41, 5.74) is 3.72. The van der Waals surface area contributed by atoms with Gasteiger partial charge in [0.1, 0.15) is 30.1 Å². The third-order valence-electron chi connectivity index (χ3n) is 16.9. The number of rotatable bonds is 20. The third-order valence-corrected chi connectivity index (χ3v) is 16.9. The van der Waals surface area contributed by atoms with Crippen molar-refractivity contribution in [2.75, 3.05) is 52.9 Å². The lowest BCUT2D eigenvalue weighted by atomic mass is 9.88. The topological polar surface area (TPSA) is 228 Å². The van der Waals surface area contributed by atoms with Gasteiger partial charge in [-0.15, -0.1) is 5.10 Å². The number of unbranched alkanes of at least 4 members (excludes halogenated alkanes) is 2. The van der Waals surface area contributed by atoms with E-state index >= 15 is 4.39 Å². The van der Waals surface area contributed by atoms with E-state index in [1.165, 1.54) is 23.1 Å². The van der Waals surface area contributed by atoms with Crippen LogP contribution in [0.15, 0.2) is 66.3 Å². The highest BCUT2D eigenvalue weighted by Crippen LogP contribution is 2.31. The van der Waals surface area contributed by atoms with E-state index in [4.69, 9.17) is 9.47 Å². The van der Waals surface area contributed by atoms with E-state index in [-0.39, 0.29) is 84.3 Å². The van der Waals surface area contributed by atoms with E-state index in [1.807, 2.05) is 77.1 Å². The molecule has 444 valence electrons.